The Kier molecular flexibility index (Phi) is 6.18. The zero-order valence-corrected chi connectivity index (χ0v) is 15.8. The first-order valence-corrected chi connectivity index (χ1v) is 9.03. The minimum absolute atomic E-state index is 0.198. The first-order chi connectivity index (χ1) is 12.5. The third-order valence-electron chi connectivity index (χ3n) is 3.99. The minimum atomic E-state index is -0.316. The number of aryl methyl sites for hydroxylation is 1. The SMILES string of the molecule is Cc1nn(-c2ccc(F)cc2)c(Cl)c1/C=N\NC(=S)NC[C@H]1CCCO1. The molecule has 0 radical (unpaired) electrons. The maximum atomic E-state index is 13.1. The van der Waals surface area contributed by atoms with Crippen molar-refractivity contribution in [3.05, 3.63) is 46.5 Å². The molecule has 1 aromatic heterocycles. The van der Waals surface area contributed by atoms with E-state index in [0.29, 0.717) is 33.8 Å². The van der Waals surface area contributed by atoms with Crippen LogP contribution in [0.1, 0.15) is 24.1 Å². The Balaban J connectivity index is 1.61. The van der Waals surface area contributed by atoms with Gasteiger partial charge >= 0.3 is 0 Å². The monoisotopic (exact) mass is 395 g/mol. The van der Waals surface area contributed by atoms with Crippen LogP contribution in [-0.4, -0.2) is 40.4 Å². The molecule has 0 unspecified atom stereocenters. The molecule has 1 aliphatic heterocycles. The lowest BCUT2D eigenvalue weighted by Crippen LogP contribution is -2.37. The summed E-state index contributed by atoms with van der Waals surface area (Å²) in [5.41, 5.74) is 4.78. The number of hydrogen-bond donors (Lipinski definition) is 2. The molecule has 0 spiro atoms. The normalized spacial score (nSPS) is 17.0. The molecule has 2 N–H and O–H groups in total. The molecule has 2 heterocycles. The third-order valence-corrected chi connectivity index (χ3v) is 4.59. The predicted molar refractivity (Wildman–Crippen MR) is 104 cm³/mol. The van der Waals surface area contributed by atoms with Crippen LogP contribution in [-0.2, 0) is 4.74 Å². The Labute approximate surface area is 161 Å². The Hall–Kier alpha value is -2.03. The lowest BCUT2D eigenvalue weighted by molar-refractivity contribution is 0.114. The van der Waals surface area contributed by atoms with Crippen molar-refractivity contribution in [2.75, 3.05) is 13.2 Å². The highest BCUT2D eigenvalue weighted by molar-refractivity contribution is 7.80. The standard InChI is InChI=1S/C17H19ClFN5OS/c1-11-15(10-21-22-17(26)20-9-14-3-2-8-25-14)16(18)24(23-11)13-6-4-12(19)5-7-13/h4-7,10,14H,2-3,8-9H2,1H3,(H2,20,22,26)/b21-10-/t14-/m1/s1. The van der Waals surface area contributed by atoms with Gasteiger partial charge in [0.2, 0.25) is 0 Å². The molecule has 1 atom stereocenters. The summed E-state index contributed by atoms with van der Waals surface area (Å²) < 4.78 is 20.1. The highest BCUT2D eigenvalue weighted by Gasteiger charge is 2.15. The van der Waals surface area contributed by atoms with Crippen LogP contribution in [0.15, 0.2) is 29.4 Å². The number of benzene rings is 1. The van der Waals surface area contributed by atoms with Crippen LogP contribution in [0.5, 0.6) is 0 Å². The quantitative estimate of drug-likeness (QED) is 0.463. The van der Waals surface area contributed by atoms with Gasteiger partial charge in [0.25, 0.3) is 0 Å². The molecule has 1 aromatic carbocycles. The van der Waals surface area contributed by atoms with E-state index in [9.17, 15) is 4.39 Å². The van der Waals surface area contributed by atoms with Crippen LogP contribution in [0.4, 0.5) is 4.39 Å². The number of halogens is 2. The van der Waals surface area contributed by atoms with E-state index in [-0.39, 0.29) is 11.9 Å². The number of aromatic nitrogens is 2. The zero-order chi connectivity index (χ0) is 18.5. The van der Waals surface area contributed by atoms with Crippen molar-refractivity contribution in [2.24, 2.45) is 5.10 Å². The maximum absolute atomic E-state index is 13.1. The predicted octanol–water partition coefficient (Wildman–Crippen LogP) is 2.95. The molecule has 6 nitrogen and oxygen atoms in total. The number of nitrogens with one attached hydrogen (secondary N) is 2. The average Bonchev–Trinajstić information content (AvgIpc) is 3.24. The van der Waals surface area contributed by atoms with Crippen LogP contribution in [0.3, 0.4) is 0 Å². The number of hydrogen-bond acceptors (Lipinski definition) is 4. The van der Waals surface area contributed by atoms with Crippen LogP contribution in [0.2, 0.25) is 5.15 Å². The van der Waals surface area contributed by atoms with Crippen molar-refractivity contribution in [1.29, 1.82) is 0 Å². The molecular formula is C17H19ClFN5OS. The van der Waals surface area contributed by atoms with Crippen molar-refractivity contribution in [3.8, 4) is 5.69 Å². The van der Waals surface area contributed by atoms with Crippen molar-refractivity contribution in [1.82, 2.24) is 20.5 Å². The largest absolute Gasteiger partial charge is 0.376 e. The molecule has 9 heteroatoms. The number of nitrogens with zero attached hydrogens (tertiary/aromatic N) is 3. The van der Waals surface area contributed by atoms with Crippen molar-refractivity contribution < 1.29 is 9.13 Å². The van der Waals surface area contributed by atoms with E-state index < -0.39 is 0 Å². The summed E-state index contributed by atoms with van der Waals surface area (Å²) in [6, 6.07) is 5.93. The fourth-order valence-corrected chi connectivity index (χ4v) is 3.07. The molecule has 26 heavy (non-hydrogen) atoms. The zero-order valence-electron chi connectivity index (χ0n) is 14.2. The van der Waals surface area contributed by atoms with E-state index in [2.05, 4.69) is 20.9 Å². The van der Waals surface area contributed by atoms with Crippen LogP contribution in [0.25, 0.3) is 5.69 Å². The first kappa shape index (κ1) is 18.8. The van der Waals surface area contributed by atoms with E-state index in [4.69, 9.17) is 28.6 Å². The summed E-state index contributed by atoms with van der Waals surface area (Å²) in [5.74, 6) is -0.316. The molecule has 1 saturated heterocycles. The summed E-state index contributed by atoms with van der Waals surface area (Å²) in [5, 5.41) is 12.4. The second kappa shape index (κ2) is 8.57. The Morgan fingerprint density at radius 2 is 2.27 bits per heavy atom. The molecule has 0 aliphatic carbocycles. The van der Waals surface area contributed by atoms with Gasteiger partial charge in [0, 0.05) is 13.2 Å². The van der Waals surface area contributed by atoms with Gasteiger partial charge in [0.1, 0.15) is 11.0 Å². The summed E-state index contributed by atoms with van der Waals surface area (Å²) in [7, 11) is 0. The fraction of sp³-hybridized carbons (Fsp3) is 0.353. The van der Waals surface area contributed by atoms with Crippen LogP contribution in [0, 0.1) is 12.7 Å². The molecule has 0 saturated carbocycles. The molecule has 1 aliphatic rings. The third kappa shape index (κ3) is 4.57. The van der Waals surface area contributed by atoms with E-state index in [1.54, 1.807) is 18.3 Å². The summed E-state index contributed by atoms with van der Waals surface area (Å²) in [6.07, 6.45) is 3.88. The van der Waals surface area contributed by atoms with Crippen molar-refractivity contribution in [3.63, 3.8) is 0 Å². The smallest absolute Gasteiger partial charge is 0.187 e. The number of rotatable bonds is 5. The molecule has 3 rings (SSSR count). The van der Waals surface area contributed by atoms with Gasteiger partial charge in [-0.15, -0.1) is 0 Å². The lowest BCUT2D eigenvalue weighted by Gasteiger charge is -2.11. The Morgan fingerprint density at radius 3 is 2.96 bits per heavy atom. The highest BCUT2D eigenvalue weighted by atomic mass is 35.5. The maximum Gasteiger partial charge on any atom is 0.187 e. The Bertz CT molecular complexity index is 802. The van der Waals surface area contributed by atoms with Crippen LogP contribution >= 0.6 is 23.8 Å². The van der Waals surface area contributed by atoms with E-state index in [1.165, 1.54) is 16.8 Å². The summed E-state index contributed by atoms with van der Waals surface area (Å²) in [4.78, 5) is 0. The molecule has 2 aromatic rings. The van der Waals surface area contributed by atoms with Crippen LogP contribution < -0.4 is 10.7 Å². The fourth-order valence-electron chi connectivity index (χ4n) is 2.62. The summed E-state index contributed by atoms with van der Waals surface area (Å²) in [6.45, 7) is 3.28. The molecular weight excluding hydrogens is 377 g/mol. The first-order valence-electron chi connectivity index (χ1n) is 8.24. The number of thiocarbonyl (C=S) groups is 1. The summed E-state index contributed by atoms with van der Waals surface area (Å²) >= 11 is 11.6. The van der Waals surface area contributed by atoms with E-state index in [0.717, 1.165) is 19.4 Å². The van der Waals surface area contributed by atoms with Crippen molar-refractivity contribution >= 4 is 35.1 Å². The highest BCUT2D eigenvalue weighted by Crippen LogP contribution is 2.22. The molecule has 138 valence electrons. The van der Waals surface area contributed by atoms with Gasteiger partial charge in [-0.3, -0.25) is 5.43 Å². The number of ether oxygens (including phenoxy) is 1. The van der Waals surface area contributed by atoms with Gasteiger partial charge in [-0.2, -0.15) is 10.2 Å². The van der Waals surface area contributed by atoms with Gasteiger partial charge in [-0.25, -0.2) is 9.07 Å². The molecule has 0 bridgehead atoms. The molecule has 1 fully saturated rings. The molecule has 0 amide bonds. The van der Waals surface area contributed by atoms with E-state index >= 15 is 0 Å². The number of hydrazone groups is 1. The second-order valence-electron chi connectivity index (χ2n) is 5.89. The van der Waals surface area contributed by atoms with E-state index in [1.807, 2.05) is 6.92 Å². The van der Waals surface area contributed by atoms with Crippen molar-refractivity contribution in [2.45, 2.75) is 25.9 Å². The Morgan fingerprint density at radius 1 is 1.50 bits per heavy atom. The topological polar surface area (TPSA) is 63.5 Å². The van der Waals surface area contributed by atoms with Gasteiger partial charge < -0.3 is 10.1 Å². The van der Waals surface area contributed by atoms with Gasteiger partial charge in [-0.05, 0) is 56.2 Å². The minimum Gasteiger partial charge on any atom is -0.376 e. The van der Waals surface area contributed by atoms with Gasteiger partial charge in [0.15, 0.2) is 5.11 Å². The van der Waals surface area contributed by atoms with Gasteiger partial charge in [0.05, 0.1) is 29.3 Å². The average molecular weight is 396 g/mol. The van der Waals surface area contributed by atoms with Gasteiger partial charge in [-0.1, -0.05) is 11.6 Å². The lowest BCUT2D eigenvalue weighted by atomic mass is 10.2. The second-order valence-corrected chi connectivity index (χ2v) is 6.66.